The molecule has 0 aliphatic carbocycles. The zero-order chi connectivity index (χ0) is 10.3. The van der Waals surface area contributed by atoms with E-state index in [1.165, 1.54) is 0 Å². The van der Waals surface area contributed by atoms with Gasteiger partial charge in [0.25, 0.3) is 0 Å². The molecule has 74 valence electrons. The number of carbonyl (C=O) groups excluding carboxylic acids is 1. The van der Waals surface area contributed by atoms with Crippen LogP contribution in [-0.4, -0.2) is 24.5 Å². The molecule has 3 heteroatoms. The number of nitrogens with one attached hydrogen (secondary N) is 2. The van der Waals surface area contributed by atoms with Gasteiger partial charge >= 0.3 is 0 Å². The molecule has 0 aliphatic rings. The van der Waals surface area contributed by atoms with Gasteiger partial charge in [-0.25, -0.2) is 0 Å². The first kappa shape index (κ1) is 12.0. The molecule has 2 N–H and O–H groups in total. The van der Waals surface area contributed by atoms with Crippen LogP contribution >= 0.6 is 0 Å². The molecular weight excluding hydrogens is 164 g/mol. The molecular formula is C10H18N2O. The smallest absolute Gasteiger partial charge is 0.236 e. The Morgan fingerprint density at radius 2 is 2.15 bits per heavy atom. The monoisotopic (exact) mass is 182 g/mol. The van der Waals surface area contributed by atoms with Gasteiger partial charge in [0.15, 0.2) is 0 Å². The number of terminal acetylenes is 1. The summed E-state index contributed by atoms with van der Waals surface area (Å²) in [5, 5.41) is 5.78. The molecule has 1 amide bonds. The van der Waals surface area contributed by atoms with Gasteiger partial charge < -0.3 is 5.32 Å². The van der Waals surface area contributed by atoms with E-state index in [9.17, 15) is 4.79 Å². The van der Waals surface area contributed by atoms with Crippen LogP contribution in [0.25, 0.3) is 0 Å². The zero-order valence-electron chi connectivity index (χ0n) is 8.55. The van der Waals surface area contributed by atoms with E-state index in [-0.39, 0.29) is 18.0 Å². The number of carbonyl (C=O) groups is 1. The van der Waals surface area contributed by atoms with E-state index in [0.29, 0.717) is 0 Å². The summed E-state index contributed by atoms with van der Waals surface area (Å²) in [5.41, 5.74) is 0. The first-order chi connectivity index (χ1) is 6.11. The maximum Gasteiger partial charge on any atom is 0.236 e. The number of rotatable bonds is 5. The Labute approximate surface area is 80.3 Å². The molecule has 2 unspecified atom stereocenters. The van der Waals surface area contributed by atoms with Crippen LogP contribution in [0.15, 0.2) is 0 Å². The maximum absolute atomic E-state index is 11.3. The standard InChI is InChI=1S/C10H18N2O/c1-5-7-11-10(13)9(4)12-8(3)6-2/h2,8-9,12H,5,7H2,1,3-4H3,(H,11,13). The molecule has 0 aliphatic heterocycles. The minimum absolute atomic E-state index is 0.00366. The Balaban J connectivity index is 3.77. The Bertz CT molecular complexity index is 196. The Hall–Kier alpha value is -1.01. The van der Waals surface area contributed by atoms with Crippen LogP contribution in [0.5, 0.6) is 0 Å². The molecule has 0 saturated heterocycles. The quantitative estimate of drug-likeness (QED) is 0.608. The van der Waals surface area contributed by atoms with E-state index in [0.717, 1.165) is 13.0 Å². The zero-order valence-corrected chi connectivity index (χ0v) is 8.55. The van der Waals surface area contributed by atoms with Crippen molar-refractivity contribution >= 4 is 5.91 Å². The summed E-state index contributed by atoms with van der Waals surface area (Å²) in [5.74, 6) is 2.52. The Morgan fingerprint density at radius 3 is 2.62 bits per heavy atom. The van der Waals surface area contributed by atoms with E-state index in [1.54, 1.807) is 6.92 Å². The summed E-state index contributed by atoms with van der Waals surface area (Å²) >= 11 is 0. The summed E-state index contributed by atoms with van der Waals surface area (Å²) in [7, 11) is 0. The fourth-order valence-corrected chi connectivity index (χ4v) is 0.900. The lowest BCUT2D eigenvalue weighted by molar-refractivity contribution is -0.122. The topological polar surface area (TPSA) is 41.1 Å². The highest BCUT2D eigenvalue weighted by atomic mass is 16.2. The van der Waals surface area contributed by atoms with Gasteiger partial charge in [0.05, 0.1) is 12.1 Å². The summed E-state index contributed by atoms with van der Waals surface area (Å²) in [4.78, 5) is 11.3. The van der Waals surface area contributed by atoms with Crippen LogP contribution in [-0.2, 0) is 4.79 Å². The van der Waals surface area contributed by atoms with Crippen molar-refractivity contribution in [2.24, 2.45) is 0 Å². The summed E-state index contributed by atoms with van der Waals surface area (Å²) in [6.07, 6.45) is 6.12. The minimum Gasteiger partial charge on any atom is -0.355 e. The number of amides is 1. The highest BCUT2D eigenvalue weighted by Gasteiger charge is 2.12. The van der Waals surface area contributed by atoms with E-state index < -0.39 is 0 Å². The van der Waals surface area contributed by atoms with Crippen molar-refractivity contribution in [1.82, 2.24) is 10.6 Å². The van der Waals surface area contributed by atoms with Crippen LogP contribution in [0.4, 0.5) is 0 Å². The predicted octanol–water partition coefficient (Wildman–Crippen LogP) is 0.512. The average molecular weight is 182 g/mol. The third kappa shape index (κ3) is 5.26. The Kier molecular flexibility index (Phi) is 5.99. The van der Waals surface area contributed by atoms with Crippen molar-refractivity contribution < 1.29 is 4.79 Å². The van der Waals surface area contributed by atoms with Crippen molar-refractivity contribution in [3.8, 4) is 12.3 Å². The molecule has 0 aromatic rings. The lowest BCUT2D eigenvalue weighted by Gasteiger charge is -2.15. The van der Waals surface area contributed by atoms with E-state index in [1.807, 2.05) is 13.8 Å². The third-order valence-corrected chi connectivity index (χ3v) is 1.69. The Morgan fingerprint density at radius 1 is 1.54 bits per heavy atom. The molecule has 0 aromatic carbocycles. The largest absolute Gasteiger partial charge is 0.355 e. The van der Waals surface area contributed by atoms with E-state index >= 15 is 0 Å². The molecule has 0 fully saturated rings. The molecule has 0 rings (SSSR count). The van der Waals surface area contributed by atoms with E-state index in [2.05, 4.69) is 16.6 Å². The van der Waals surface area contributed by atoms with Crippen molar-refractivity contribution in [3.63, 3.8) is 0 Å². The van der Waals surface area contributed by atoms with Gasteiger partial charge in [0, 0.05) is 6.54 Å². The van der Waals surface area contributed by atoms with Crippen LogP contribution in [0.1, 0.15) is 27.2 Å². The summed E-state index contributed by atoms with van der Waals surface area (Å²) < 4.78 is 0. The predicted molar refractivity (Wildman–Crippen MR) is 54.2 cm³/mol. The molecule has 3 nitrogen and oxygen atoms in total. The van der Waals surface area contributed by atoms with Crippen LogP contribution in [0.3, 0.4) is 0 Å². The normalized spacial score (nSPS) is 14.3. The van der Waals surface area contributed by atoms with Crippen molar-refractivity contribution in [2.75, 3.05) is 6.54 Å². The second-order valence-electron chi connectivity index (χ2n) is 3.07. The molecule has 0 bridgehead atoms. The van der Waals surface area contributed by atoms with Crippen LogP contribution in [0, 0.1) is 12.3 Å². The lowest BCUT2D eigenvalue weighted by Crippen LogP contribution is -2.45. The lowest BCUT2D eigenvalue weighted by atomic mass is 10.2. The third-order valence-electron chi connectivity index (χ3n) is 1.69. The molecule has 0 aromatic heterocycles. The van der Waals surface area contributed by atoms with Gasteiger partial charge in [-0.1, -0.05) is 12.8 Å². The second kappa shape index (κ2) is 6.50. The average Bonchev–Trinajstić information content (AvgIpc) is 2.13. The first-order valence-electron chi connectivity index (χ1n) is 4.61. The number of hydrogen-bond donors (Lipinski definition) is 2. The minimum atomic E-state index is -0.224. The highest BCUT2D eigenvalue weighted by molar-refractivity contribution is 5.81. The van der Waals surface area contributed by atoms with Crippen molar-refractivity contribution in [2.45, 2.75) is 39.3 Å². The first-order valence-corrected chi connectivity index (χ1v) is 4.61. The second-order valence-corrected chi connectivity index (χ2v) is 3.07. The molecule has 0 radical (unpaired) electrons. The van der Waals surface area contributed by atoms with E-state index in [4.69, 9.17) is 6.42 Å². The molecule has 13 heavy (non-hydrogen) atoms. The van der Waals surface area contributed by atoms with Crippen molar-refractivity contribution in [1.29, 1.82) is 0 Å². The molecule has 0 saturated carbocycles. The summed E-state index contributed by atoms with van der Waals surface area (Å²) in [6.45, 7) is 6.39. The van der Waals surface area contributed by atoms with Gasteiger partial charge in [0.2, 0.25) is 5.91 Å². The van der Waals surface area contributed by atoms with Gasteiger partial charge in [0.1, 0.15) is 0 Å². The van der Waals surface area contributed by atoms with Gasteiger partial charge in [-0.3, -0.25) is 10.1 Å². The molecule has 0 spiro atoms. The van der Waals surface area contributed by atoms with Crippen LogP contribution in [0.2, 0.25) is 0 Å². The summed E-state index contributed by atoms with van der Waals surface area (Å²) in [6, 6.07) is -0.292. The van der Waals surface area contributed by atoms with Gasteiger partial charge in [-0.2, -0.15) is 0 Å². The molecule has 0 heterocycles. The van der Waals surface area contributed by atoms with Crippen LogP contribution < -0.4 is 10.6 Å². The highest BCUT2D eigenvalue weighted by Crippen LogP contribution is 1.86. The SMILES string of the molecule is C#CC(C)NC(C)C(=O)NCCC. The number of hydrogen-bond acceptors (Lipinski definition) is 2. The fraction of sp³-hybridized carbons (Fsp3) is 0.700. The maximum atomic E-state index is 11.3. The molecule has 2 atom stereocenters. The van der Waals surface area contributed by atoms with Gasteiger partial charge in [-0.05, 0) is 20.3 Å². The fourth-order valence-electron chi connectivity index (χ4n) is 0.900. The van der Waals surface area contributed by atoms with Gasteiger partial charge in [-0.15, -0.1) is 6.42 Å². The van der Waals surface area contributed by atoms with Crippen molar-refractivity contribution in [3.05, 3.63) is 0 Å².